The van der Waals surface area contributed by atoms with Crippen LogP contribution in [0.4, 0.5) is 0 Å². The highest BCUT2D eigenvalue weighted by molar-refractivity contribution is 5.82. The number of nitrogens with one attached hydrogen (secondary N) is 1. The maximum Gasteiger partial charge on any atom is 0.136 e. The largest absolute Gasteiger partial charge is 0.385 e. The fourth-order valence-electron chi connectivity index (χ4n) is 3.96. The van der Waals surface area contributed by atoms with Crippen LogP contribution in [0.5, 0.6) is 0 Å². The van der Waals surface area contributed by atoms with Gasteiger partial charge in [-0.15, -0.1) is 0 Å². The molecule has 0 fully saturated rings. The minimum Gasteiger partial charge on any atom is -0.385 e. The average molecular weight is 367 g/mol. The van der Waals surface area contributed by atoms with Crippen LogP contribution in [0.25, 0.3) is 10.9 Å². The van der Waals surface area contributed by atoms with Crippen molar-refractivity contribution in [3.63, 3.8) is 0 Å². The van der Waals surface area contributed by atoms with Crippen LogP contribution in [0, 0.1) is 11.8 Å². The molecule has 0 amide bonds. The van der Waals surface area contributed by atoms with Gasteiger partial charge in [0.1, 0.15) is 5.78 Å². The van der Waals surface area contributed by atoms with Crippen molar-refractivity contribution in [1.29, 1.82) is 0 Å². The number of nitrogens with two attached hydrogens (primary N) is 1. The number of allylic oxidation sites excluding steroid dienone is 2. The van der Waals surface area contributed by atoms with E-state index in [4.69, 9.17) is 5.73 Å². The molecule has 3 unspecified atom stereocenters. The number of benzene rings is 1. The van der Waals surface area contributed by atoms with E-state index >= 15 is 0 Å². The first kappa shape index (κ1) is 19.5. The van der Waals surface area contributed by atoms with Gasteiger partial charge >= 0.3 is 0 Å². The second kappa shape index (κ2) is 8.63. The zero-order valence-electron chi connectivity index (χ0n) is 15.9. The lowest BCUT2D eigenvalue weighted by Gasteiger charge is -2.35. The van der Waals surface area contributed by atoms with Crippen LogP contribution in [0.3, 0.4) is 0 Å². The number of ketones is 1. The maximum atomic E-state index is 12.8. The number of nitrogens with zero attached hydrogens (tertiary/aromatic N) is 1. The van der Waals surface area contributed by atoms with E-state index in [0.717, 1.165) is 30.2 Å². The first-order valence-electron chi connectivity index (χ1n) is 9.74. The standard InChI is InChI=1S/C22H29N3O2/c1-22(27)12-5-4-7-19(22)18(11-13-23)21(26)8-3-2-6-16-9-10-20-17(14-16)15-24-25-20/h4-5,7,9-10,12,14-15,18-19,27H,2-3,6,8,11,13,23H2,1H3,(H,24,25). The van der Waals surface area contributed by atoms with Gasteiger partial charge < -0.3 is 10.8 Å². The summed E-state index contributed by atoms with van der Waals surface area (Å²) in [6.45, 7) is 2.21. The molecular weight excluding hydrogens is 338 g/mol. The van der Waals surface area contributed by atoms with E-state index in [2.05, 4.69) is 22.3 Å². The number of fused-ring (bicyclic) bond motifs is 1. The Morgan fingerprint density at radius 2 is 2.22 bits per heavy atom. The van der Waals surface area contributed by atoms with Crippen molar-refractivity contribution < 1.29 is 9.90 Å². The van der Waals surface area contributed by atoms with Crippen molar-refractivity contribution in [2.45, 2.75) is 44.6 Å². The molecule has 1 aliphatic rings. The summed E-state index contributed by atoms with van der Waals surface area (Å²) in [6.07, 6.45) is 13.2. The van der Waals surface area contributed by atoms with Gasteiger partial charge in [0.25, 0.3) is 0 Å². The maximum absolute atomic E-state index is 12.8. The van der Waals surface area contributed by atoms with Gasteiger partial charge in [-0.2, -0.15) is 5.10 Å². The van der Waals surface area contributed by atoms with Crippen molar-refractivity contribution in [3.8, 4) is 0 Å². The van der Waals surface area contributed by atoms with Crippen LogP contribution < -0.4 is 5.73 Å². The third-order valence-electron chi connectivity index (χ3n) is 5.51. The average Bonchev–Trinajstić information content (AvgIpc) is 3.11. The Balaban J connectivity index is 1.53. The molecule has 3 atom stereocenters. The van der Waals surface area contributed by atoms with E-state index in [0.29, 0.717) is 19.4 Å². The SMILES string of the molecule is CC1(O)C=CC=CC1C(CCN)C(=O)CCCCc1ccc2[nH]ncc2c1. The molecule has 0 bridgehead atoms. The van der Waals surface area contributed by atoms with E-state index in [1.165, 1.54) is 5.56 Å². The minimum atomic E-state index is -0.996. The number of hydrogen-bond acceptors (Lipinski definition) is 4. The number of hydrogen-bond donors (Lipinski definition) is 3. The van der Waals surface area contributed by atoms with Gasteiger partial charge in [-0.3, -0.25) is 9.89 Å². The third kappa shape index (κ3) is 4.73. The number of aryl methyl sites for hydroxylation is 1. The summed E-state index contributed by atoms with van der Waals surface area (Å²) in [7, 11) is 0. The van der Waals surface area contributed by atoms with Crippen LogP contribution in [0.1, 0.15) is 38.2 Å². The topological polar surface area (TPSA) is 92.0 Å². The Hall–Kier alpha value is -2.24. The van der Waals surface area contributed by atoms with Crippen LogP contribution in [-0.2, 0) is 11.2 Å². The molecule has 0 aliphatic heterocycles. The summed E-state index contributed by atoms with van der Waals surface area (Å²) >= 11 is 0. The van der Waals surface area contributed by atoms with Crippen molar-refractivity contribution in [3.05, 3.63) is 54.3 Å². The molecule has 5 nitrogen and oxygen atoms in total. The number of aromatic nitrogens is 2. The van der Waals surface area contributed by atoms with Gasteiger partial charge in [0.2, 0.25) is 0 Å². The highest BCUT2D eigenvalue weighted by atomic mass is 16.3. The number of unbranched alkanes of at least 4 members (excludes halogenated alkanes) is 1. The van der Waals surface area contributed by atoms with Crippen molar-refractivity contribution >= 4 is 16.7 Å². The first-order chi connectivity index (χ1) is 13.0. The molecule has 144 valence electrons. The molecule has 1 aromatic carbocycles. The van der Waals surface area contributed by atoms with E-state index in [1.807, 2.05) is 30.5 Å². The van der Waals surface area contributed by atoms with Gasteiger partial charge in [-0.05, 0) is 56.8 Å². The van der Waals surface area contributed by atoms with Crippen LogP contribution in [-0.4, -0.2) is 33.2 Å². The van der Waals surface area contributed by atoms with E-state index in [9.17, 15) is 9.90 Å². The Labute approximate surface area is 160 Å². The molecule has 3 rings (SSSR count). The Morgan fingerprint density at radius 3 is 3.00 bits per heavy atom. The molecule has 0 spiro atoms. The normalized spacial score (nSPS) is 23.0. The molecule has 1 heterocycles. The van der Waals surface area contributed by atoms with Crippen molar-refractivity contribution in [2.75, 3.05) is 6.54 Å². The van der Waals surface area contributed by atoms with E-state index in [-0.39, 0.29) is 17.6 Å². The quantitative estimate of drug-likeness (QED) is 0.593. The van der Waals surface area contributed by atoms with Crippen LogP contribution in [0.15, 0.2) is 48.7 Å². The number of carbonyl (C=O) groups excluding carboxylic acids is 1. The molecule has 2 aromatic rings. The number of aliphatic hydroxyl groups is 1. The fourth-order valence-corrected chi connectivity index (χ4v) is 3.96. The predicted octanol–water partition coefficient (Wildman–Crippen LogP) is 3.30. The number of H-pyrrole nitrogens is 1. The first-order valence-corrected chi connectivity index (χ1v) is 9.74. The molecule has 1 aromatic heterocycles. The van der Waals surface area contributed by atoms with Crippen molar-refractivity contribution in [2.24, 2.45) is 17.6 Å². The lowest BCUT2D eigenvalue weighted by Crippen LogP contribution is -2.41. The fraction of sp³-hybridized carbons (Fsp3) is 0.455. The molecule has 5 heteroatoms. The zero-order chi connectivity index (χ0) is 19.3. The summed E-state index contributed by atoms with van der Waals surface area (Å²) in [5.74, 6) is -0.230. The second-order valence-electron chi connectivity index (χ2n) is 7.64. The molecule has 0 saturated carbocycles. The molecule has 4 N–H and O–H groups in total. The van der Waals surface area contributed by atoms with Gasteiger partial charge in [0.05, 0.1) is 17.3 Å². The lowest BCUT2D eigenvalue weighted by atomic mass is 9.73. The third-order valence-corrected chi connectivity index (χ3v) is 5.51. The van der Waals surface area contributed by atoms with Gasteiger partial charge in [0.15, 0.2) is 0 Å². The number of aromatic amines is 1. The van der Waals surface area contributed by atoms with Gasteiger partial charge in [-0.1, -0.05) is 30.4 Å². The number of Topliss-reactive ketones (excluding diaryl/α,β-unsaturated/α-hetero) is 1. The zero-order valence-corrected chi connectivity index (χ0v) is 15.9. The van der Waals surface area contributed by atoms with E-state index in [1.54, 1.807) is 13.0 Å². The van der Waals surface area contributed by atoms with Crippen LogP contribution >= 0.6 is 0 Å². The second-order valence-corrected chi connectivity index (χ2v) is 7.64. The summed E-state index contributed by atoms with van der Waals surface area (Å²) in [6, 6.07) is 6.30. The number of rotatable bonds is 9. The summed E-state index contributed by atoms with van der Waals surface area (Å²) < 4.78 is 0. The monoisotopic (exact) mass is 367 g/mol. The molecule has 27 heavy (non-hydrogen) atoms. The summed E-state index contributed by atoms with van der Waals surface area (Å²) in [5.41, 5.74) is 7.05. The molecule has 1 aliphatic carbocycles. The number of carbonyl (C=O) groups is 1. The summed E-state index contributed by atoms with van der Waals surface area (Å²) in [4.78, 5) is 12.8. The highest BCUT2D eigenvalue weighted by Gasteiger charge is 2.37. The van der Waals surface area contributed by atoms with E-state index < -0.39 is 5.60 Å². The smallest absolute Gasteiger partial charge is 0.136 e. The minimum absolute atomic E-state index is 0.205. The summed E-state index contributed by atoms with van der Waals surface area (Å²) in [5, 5.41) is 18.7. The van der Waals surface area contributed by atoms with Gasteiger partial charge in [0, 0.05) is 23.6 Å². The van der Waals surface area contributed by atoms with Crippen LogP contribution in [0.2, 0.25) is 0 Å². The molecule has 0 saturated heterocycles. The highest BCUT2D eigenvalue weighted by Crippen LogP contribution is 2.33. The lowest BCUT2D eigenvalue weighted by molar-refractivity contribution is -0.126. The Bertz CT molecular complexity index is 835. The van der Waals surface area contributed by atoms with Crippen molar-refractivity contribution in [1.82, 2.24) is 10.2 Å². The van der Waals surface area contributed by atoms with Gasteiger partial charge in [-0.25, -0.2) is 0 Å². The predicted molar refractivity (Wildman–Crippen MR) is 108 cm³/mol. The Morgan fingerprint density at radius 1 is 1.37 bits per heavy atom. The molecule has 0 radical (unpaired) electrons. The molecular formula is C22H29N3O2. The Kier molecular flexibility index (Phi) is 6.24.